The lowest BCUT2D eigenvalue weighted by Crippen LogP contribution is -2.24. The average molecular weight is 568 g/mol. The van der Waals surface area contributed by atoms with Crippen molar-refractivity contribution in [2.75, 3.05) is 13.6 Å². The van der Waals surface area contributed by atoms with Crippen LogP contribution in [0.25, 0.3) is 17.5 Å². The summed E-state index contributed by atoms with van der Waals surface area (Å²) in [6.45, 7) is 5.14. The van der Waals surface area contributed by atoms with Gasteiger partial charge in [-0.3, -0.25) is 4.90 Å². The second-order valence-corrected chi connectivity index (χ2v) is 10.3. The minimum absolute atomic E-state index is 0.220. The fourth-order valence-electron chi connectivity index (χ4n) is 5.29. The van der Waals surface area contributed by atoms with E-state index in [0.717, 1.165) is 76.7 Å². The highest BCUT2D eigenvalue weighted by atomic mass is 16.7. The van der Waals surface area contributed by atoms with E-state index < -0.39 is 5.97 Å². The van der Waals surface area contributed by atoms with Crippen LogP contribution in [-0.2, 0) is 31.0 Å². The van der Waals surface area contributed by atoms with E-state index in [1.54, 1.807) is 6.08 Å². The summed E-state index contributed by atoms with van der Waals surface area (Å²) in [5.74, 6) is 2.78. The molecule has 3 heterocycles. The third-order valence-corrected chi connectivity index (χ3v) is 7.31. The van der Waals surface area contributed by atoms with Crippen molar-refractivity contribution in [3.05, 3.63) is 95.3 Å². The van der Waals surface area contributed by atoms with Crippen molar-refractivity contribution in [2.45, 2.75) is 45.9 Å². The van der Waals surface area contributed by atoms with Gasteiger partial charge in [0, 0.05) is 37.8 Å². The van der Waals surface area contributed by atoms with E-state index in [4.69, 9.17) is 23.9 Å². The zero-order chi connectivity index (χ0) is 28.9. The lowest BCUT2D eigenvalue weighted by Gasteiger charge is -2.24. The molecule has 2 aliphatic heterocycles. The van der Waals surface area contributed by atoms with Gasteiger partial charge >= 0.3 is 5.97 Å². The Hall–Kier alpha value is -4.76. The predicted molar refractivity (Wildman–Crippen MR) is 157 cm³/mol. The Morgan fingerprint density at radius 1 is 0.881 bits per heavy atom. The first kappa shape index (κ1) is 27.4. The van der Waals surface area contributed by atoms with Gasteiger partial charge in [0.15, 0.2) is 23.0 Å². The molecule has 0 saturated carbocycles. The van der Waals surface area contributed by atoms with Gasteiger partial charge in [-0.15, -0.1) is 0 Å². The van der Waals surface area contributed by atoms with Gasteiger partial charge in [-0.25, -0.2) is 9.78 Å². The summed E-state index contributed by atoms with van der Waals surface area (Å²) in [7, 11) is 0. The SMILES string of the molecule is CCCCn1c(-c2ccccc2)nc(/C=C/C(=O)O)c1CN(Cc1ccc2c(c1)OCO2)Cc1ccc2c(c1)OCO2. The summed E-state index contributed by atoms with van der Waals surface area (Å²) in [5.41, 5.74) is 4.74. The van der Waals surface area contributed by atoms with Crippen molar-refractivity contribution in [3.63, 3.8) is 0 Å². The molecule has 9 nitrogen and oxygen atoms in total. The van der Waals surface area contributed by atoms with E-state index in [2.05, 4.69) is 28.5 Å². The number of aromatic nitrogens is 2. The Bertz CT molecular complexity index is 1540. The molecule has 4 aromatic rings. The van der Waals surface area contributed by atoms with Crippen molar-refractivity contribution in [3.8, 4) is 34.4 Å². The second-order valence-electron chi connectivity index (χ2n) is 10.3. The van der Waals surface area contributed by atoms with E-state index in [-0.39, 0.29) is 13.6 Å². The Labute approximate surface area is 244 Å². The molecule has 3 aromatic carbocycles. The number of benzene rings is 3. The number of hydrogen-bond donors (Lipinski definition) is 1. The first-order valence-corrected chi connectivity index (χ1v) is 14.1. The molecule has 0 atom stereocenters. The van der Waals surface area contributed by atoms with Crippen LogP contribution in [0.4, 0.5) is 0 Å². The van der Waals surface area contributed by atoms with Crippen molar-refractivity contribution in [2.24, 2.45) is 0 Å². The van der Waals surface area contributed by atoms with E-state index in [9.17, 15) is 9.90 Å². The summed E-state index contributed by atoms with van der Waals surface area (Å²) in [5, 5.41) is 9.45. The molecule has 0 radical (unpaired) electrons. The van der Waals surface area contributed by atoms with Crippen LogP contribution in [-0.4, -0.2) is 39.1 Å². The summed E-state index contributed by atoms with van der Waals surface area (Å²) >= 11 is 0. The van der Waals surface area contributed by atoms with Crippen molar-refractivity contribution < 1.29 is 28.8 Å². The molecular formula is C33H33N3O6. The Morgan fingerprint density at radius 3 is 2.10 bits per heavy atom. The Kier molecular flexibility index (Phi) is 8.09. The third-order valence-electron chi connectivity index (χ3n) is 7.31. The molecule has 42 heavy (non-hydrogen) atoms. The van der Waals surface area contributed by atoms with Gasteiger partial charge in [0.2, 0.25) is 13.6 Å². The van der Waals surface area contributed by atoms with Gasteiger partial charge in [-0.2, -0.15) is 0 Å². The second kappa shape index (κ2) is 12.4. The molecule has 1 N–H and O–H groups in total. The first-order chi connectivity index (χ1) is 20.6. The van der Waals surface area contributed by atoms with Gasteiger partial charge in [-0.05, 0) is 47.9 Å². The van der Waals surface area contributed by atoms with Crippen molar-refractivity contribution in [1.29, 1.82) is 0 Å². The number of fused-ring (bicyclic) bond motifs is 2. The lowest BCUT2D eigenvalue weighted by molar-refractivity contribution is -0.131. The third kappa shape index (κ3) is 6.11. The molecule has 2 aliphatic rings. The quantitative estimate of drug-likeness (QED) is 0.205. The summed E-state index contributed by atoms with van der Waals surface area (Å²) < 4.78 is 24.6. The number of hydrogen-bond acceptors (Lipinski definition) is 7. The van der Waals surface area contributed by atoms with Gasteiger partial charge in [0.05, 0.1) is 11.4 Å². The number of rotatable bonds is 12. The fraction of sp³-hybridized carbons (Fsp3) is 0.273. The minimum Gasteiger partial charge on any atom is -0.478 e. The van der Waals surface area contributed by atoms with E-state index in [0.29, 0.717) is 25.3 Å². The standard InChI is InChI=1S/C33H33N3O6/c1-2-3-15-36-27(26(11-14-32(37)38)34-33(36)25-7-5-4-6-8-25)20-35(18-23-9-12-28-30(16-23)41-21-39-28)19-24-10-13-29-31(17-24)42-22-40-29/h4-14,16-17H,2-3,15,18-22H2,1H3,(H,37,38)/b14-11+. The predicted octanol–water partition coefficient (Wildman–Crippen LogP) is 6.11. The lowest BCUT2D eigenvalue weighted by atomic mass is 10.1. The molecule has 0 unspecified atom stereocenters. The molecule has 216 valence electrons. The summed E-state index contributed by atoms with van der Waals surface area (Å²) in [6, 6.07) is 22.1. The molecule has 1 aromatic heterocycles. The zero-order valence-corrected chi connectivity index (χ0v) is 23.5. The maximum atomic E-state index is 11.5. The van der Waals surface area contributed by atoms with Gasteiger partial charge in [-0.1, -0.05) is 55.8 Å². The monoisotopic (exact) mass is 567 g/mol. The number of nitrogens with zero attached hydrogens (tertiary/aromatic N) is 3. The Balaban J connectivity index is 1.40. The number of unbranched alkanes of at least 4 members (excludes halogenated alkanes) is 1. The van der Waals surface area contributed by atoms with Gasteiger partial charge < -0.3 is 28.6 Å². The molecule has 9 heteroatoms. The average Bonchev–Trinajstić information content (AvgIpc) is 3.74. The maximum Gasteiger partial charge on any atom is 0.328 e. The Morgan fingerprint density at radius 2 is 1.50 bits per heavy atom. The number of carbonyl (C=O) groups is 1. The molecule has 0 saturated heterocycles. The van der Waals surface area contributed by atoms with Crippen molar-refractivity contribution in [1.82, 2.24) is 14.5 Å². The molecule has 0 aliphatic carbocycles. The van der Waals surface area contributed by atoms with Gasteiger partial charge in [0.25, 0.3) is 0 Å². The van der Waals surface area contributed by atoms with E-state index >= 15 is 0 Å². The molecule has 0 spiro atoms. The highest BCUT2D eigenvalue weighted by Crippen LogP contribution is 2.35. The maximum absolute atomic E-state index is 11.5. The van der Waals surface area contributed by atoms with Crippen LogP contribution in [0.5, 0.6) is 23.0 Å². The van der Waals surface area contributed by atoms with Crippen LogP contribution in [0.2, 0.25) is 0 Å². The minimum atomic E-state index is -1.01. The molecular weight excluding hydrogens is 534 g/mol. The van der Waals surface area contributed by atoms with Crippen LogP contribution in [0.3, 0.4) is 0 Å². The highest BCUT2D eigenvalue weighted by molar-refractivity contribution is 5.85. The number of carboxylic acids is 1. The number of aliphatic carboxylic acids is 1. The van der Waals surface area contributed by atoms with Crippen LogP contribution in [0, 0.1) is 0 Å². The normalized spacial score (nSPS) is 13.4. The number of carboxylic acid groups (broad SMARTS) is 1. The van der Waals surface area contributed by atoms with Crippen LogP contribution < -0.4 is 18.9 Å². The number of imidazole rings is 1. The van der Waals surface area contributed by atoms with Crippen LogP contribution >= 0.6 is 0 Å². The smallest absolute Gasteiger partial charge is 0.328 e. The highest BCUT2D eigenvalue weighted by Gasteiger charge is 2.22. The largest absolute Gasteiger partial charge is 0.478 e. The van der Waals surface area contributed by atoms with E-state index in [1.165, 1.54) is 0 Å². The van der Waals surface area contributed by atoms with Crippen LogP contribution in [0.1, 0.15) is 42.3 Å². The molecule has 0 fully saturated rings. The van der Waals surface area contributed by atoms with Crippen molar-refractivity contribution >= 4 is 12.0 Å². The fourth-order valence-corrected chi connectivity index (χ4v) is 5.29. The van der Waals surface area contributed by atoms with E-state index in [1.807, 2.05) is 54.6 Å². The first-order valence-electron chi connectivity index (χ1n) is 14.1. The topological polar surface area (TPSA) is 95.3 Å². The van der Waals surface area contributed by atoms with Crippen LogP contribution in [0.15, 0.2) is 72.8 Å². The summed E-state index contributed by atoms with van der Waals surface area (Å²) in [6.07, 6.45) is 4.75. The number of ether oxygens (including phenoxy) is 4. The zero-order valence-electron chi connectivity index (χ0n) is 23.5. The summed E-state index contributed by atoms with van der Waals surface area (Å²) in [4.78, 5) is 18.8. The molecule has 0 amide bonds. The van der Waals surface area contributed by atoms with Gasteiger partial charge in [0.1, 0.15) is 5.82 Å². The molecule has 6 rings (SSSR count). The molecule has 0 bridgehead atoms.